The van der Waals surface area contributed by atoms with Crippen LogP contribution in [-0.2, 0) is 23.0 Å². The molecule has 2 aromatic carbocycles. The van der Waals surface area contributed by atoms with Crippen LogP contribution in [0.1, 0.15) is 218 Å². The van der Waals surface area contributed by atoms with Crippen molar-refractivity contribution in [1.29, 1.82) is 0 Å². The highest BCUT2D eigenvalue weighted by atomic mass is 32.2. The zero-order valence-electron chi connectivity index (χ0n) is 31.7. The Labute approximate surface area is 298 Å². The van der Waals surface area contributed by atoms with E-state index in [1.807, 2.05) is 6.07 Å². The topological polar surface area (TPSA) is 54.4 Å². The number of unbranched alkanes of at least 4 members (excludes halogenated alkanes) is 28. The number of fused-ring (bicyclic) bond motifs is 1. The van der Waals surface area contributed by atoms with Crippen molar-refractivity contribution in [1.82, 2.24) is 0 Å². The van der Waals surface area contributed by atoms with E-state index < -0.39 is 10.1 Å². The molecule has 0 saturated heterocycles. The summed E-state index contributed by atoms with van der Waals surface area (Å²) in [4.78, 5) is 0.0781. The molecule has 48 heavy (non-hydrogen) atoms. The van der Waals surface area contributed by atoms with Crippen LogP contribution in [-0.4, -0.2) is 13.0 Å². The maximum Gasteiger partial charge on any atom is 0.295 e. The Morgan fingerprint density at radius 3 is 1.10 bits per heavy atom. The lowest BCUT2D eigenvalue weighted by Gasteiger charge is -2.11. The number of aryl methyl sites for hydroxylation is 2. The molecule has 0 heterocycles. The van der Waals surface area contributed by atoms with E-state index in [0.29, 0.717) is 5.39 Å². The van der Waals surface area contributed by atoms with Gasteiger partial charge in [-0.25, -0.2) is 0 Å². The third-order valence-corrected chi connectivity index (χ3v) is 11.4. The minimum Gasteiger partial charge on any atom is -0.282 e. The number of hydrogen-bond donors (Lipinski definition) is 1. The number of hydrogen-bond acceptors (Lipinski definition) is 2. The lowest BCUT2D eigenvalue weighted by atomic mass is 9.98. The number of rotatable bonds is 33. The molecule has 0 amide bonds. The summed E-state index contributed by atoms with van der Waals surface area (Å²) in [5, 5.41) is 1.58. The van der Waals surface area contributed by atoms with Crippen molar-refractivity contribution in [2.75, 3.05) is 0 Å². The van der Waals surface area contributed by atoms with Crippen LogP contribution < -0.4 is 0 Å². The summed E-state index contributed by atoms with van der Waals surface area (Å²) in [6, 6.07) is 10.1. The third kappa shape index (κ3) is 21.0. The molecule has 0 atom stereocenters. The van der Waals surface area contributed by atoms with Gasteiger partial charge in [-0.3, -0.25) is 4.55 Å². The van der Waals surface area contributed by atoms with E-state index in [0.717, 1.165) is 42.2 Å². The first kappa shape index (κ1) is 42.8. The summed E-state index contributed by atoms with van der Waals surface area (Å²) in [6.45, 7) is 4.56. The summed E-state index contributed by atoms with van der Waals surface area (Å²) in [6.07, 6.45) is 42.2. The van der Waals surface area contributed by atoms with Crippen molar-refractivity contribution in [3.05, 3.63) is 41.5 Å². The van der Waals surface area contributed by atoms with Crippen LogP contribution in [0.25, 0.3) is 10.8 Å². The van der Waals surface area contributed by atoms with E-state index in [-0.39, 0.29) is 4.90 Å². The van der Waals surface area contributed by atoms with Crippen molar-refractivity contribution in [3.63, 3.8) is 0 Å². The molecule has 0 spiro atoms. The van der Waals surface area contributed by atoms with Crippen molar-refractivity contribution >= 4 is 20.9 Å². The molecule has 0 aliphatic heterocycles. The predicted molar refractivity (Wildman–Crippen MR) is 211 cm³/mol. The Balaban J connectivity index is 1.60. The summed E-state index contributed by atoms with van der Waals surface area (Å²) < 4.78 is 34.9. The Kier molecular flexibility index (Phi) is 25.2. The second kappa shape index (κ2) is 28.3. The Hall–Kier alpha value is -1.39. The quantitative estimate of drug-likeness (QED) is 0.0601. The Morgan fingerprint density at radius 2 is 0.750 bits per heavy atom. The van der Waals surface area contributed by atoms with Gasteiger partial charge < -0.3 is 0 Å². The normalized spacial score (nSPS) is 12.0. The van der Waals surface area contributed by atoms with Crippen molar-refractivity contribution in [2.24, 2.45) is 0 Å². The molecule has 0 saturated carbocycles. The highest BCUT2D eigenvalue weighted by Crippen LogP contribution is 2.28. The first-order valence-electron chi connectivity index (χ1n) is 21.0. The van der Waals surface area contributed by atoms with Gasteiger partial charge in [0.05, 0.1) is 0 Å². The van der Waals surface area contributed by atoms with E-state index in [2.05, 4.69) is 32.0 Å². The van der Waals surface area contributed by atoms with Crippen LogP contribution in [0.15, 0.2) is 35.2 Å². The monoisotopic (exact) mass is 685 g/mol. The third-order valence-electron chi connectivity index (χ3n) is 10.5. The zero-order chi connectivity index (χ0) is 34.5. The molecule has 0 bridgehead atoms. The number of benzene rings is 2. The van der Waals surface area contributed by atoms with E-state index in [9.17, 15) is 13.0 Å². The maximum absolute atomic E-state index is 12.4. The largest absolute Gasteiger partial charge is 0.295 e. The minimum atomic E-state index is -4.28. The van der Waals surface area contributed by atoms with Crippen molar-refractivity contribution < 1.29 is 13.0 Å². The van der Waals surface area contributed by atoms with Gasteiger partial charge in [0.1, 0.15) is 4.90 Å². The second-order valence-electron chi connectivity index (χ2n) is 15.0. The van der Waals surface area contributed by atoms with Gasteiger partial charge in [-0.15, -0.1) is 0 Å². The van der Waals surface area contributed by atoms with Crippen molar-refractivity contribution in [3.8, 4) is 0 Å². The molecule has 276 valence electrons. The average molecular weight is 685 g/mol. The molecule has 0 radical (unpaired) electrons. The standard InChI is InChI=1S/C44H76O3S/c1-3-5-7-9-11-13-15-17-19-21-23-25-27-29-31-33-40-35-36-42-37-41(39-44(43(42)38-40)48(45,46)47)34-32-30-28-26-24-22-20-18-16-14-12-10-8-6-4-2/h35-39H,3-34H2,1-2H3,(H,45,46,47). The molecule has 2 rings (SSSR count). The SMILES string of the molecule is CCCCCCCCCCCCCCCCCc1cc(S(=O)(=O)O)c2cc(CCCCCCCCCCCCCCCCC)ccc2c1. The van der Waals surface area contributed by atoms with Gasteiger partial charge in [-0.1, -0.05) is 212 Å². The molecule has 0 fully saturated rings. The lowest BCUT2D eigenvalue weighted by Crippen LogP contribution is -2.02. The fourth-order valence-electron chi connectivity index (χ4n) is 7.34. The molecule has 2 aromatic rings. The van der Waals surface area contributed by atoms with Crippen LogP contribution in [0.4, 0.5) is 0 Å². The van der Waals surface area contributed by atoms with Gasteiger partial charge >= 0.3 is 0 Å². The molecule has 3 nitrogen and oxygen atoms in total. The fourth-order valence-corrected chi connectivity index (χ4v) is 8.10. The van der Waals surface area contributed by atoms with Crippen LogP contribution >= 0.6 is 0 Å². The minimum absolute atomic E-state index is 0.0781. The molecule has 0 aliphatic carbocycles. The molecule has 4 heteroatoms. The molecule has 1 N–H and O–H groups in total. The van der Waals surface area contributed by atoms with Crippen LogP contribution in [0.5, 0.6) is 0 Å². The van der Waals surface area contributed by atoms with E-state index >= 15 is 0 Å². The highest BCUT2D eigenvalue weighted by molar-refractivity contribution is 7.86. The van der Waals surface area contributed by atoms with Gasteiger partial charge in [-0.2, -0.15) is 8.42 Å². The maximum atomic E-state index is 12.4. The van der Waals surface area contributed by atoms with E-state index in [1.165, 1.54) is 180 Å². The summed E-state index contributed by atoms with van der Waals surface area (Å²) in [5.41, 5.74) is 2.18. The first-order chi connectivity index (χ1) is 23.5. The average Bonchev–Trinajstić information content (AvgIpc) is 3.07. The van der Waals surface area contributed by atoms with Crippen LogP contribution in [0.3, 0.4) is 0 Å². The first-order valence-corrected chi connectivity index (χ1v) is 22.4. The van der Waals surface area contributed by atoms with Gasteiger partial charge in [0.2, 0.25) is 0 Å². The molecular formula is C44H76O3S. The van der Waals surface area contributed by atoms with Crippen LogP contribution in [0, 0.1) is 0 Å². The van der Waals surface area contributed by atoms with Gasteiger partial charge in [-0.05, 0) is 54.3 Å². The Bertz CT molecular complexity index is 1160. The molecule has 0 unspecified atom stereocenters. The molecule has 0 aromatic heterocycles. The molecular weight excluding hydrogens is 609 g/mol. The zero-order valence-corrected chi connectivity index (χ0v) is 32.5. The lowest BCUT2D eigenvalue weighted by molar-refractivity contribution is 0.484. The smallest absolute Gasteiger partial charge is 0.282 e. The summed E-state index contributed by atoms with van der Waals surface area (Å²) in [7, 11) is -4.28. The van der Waals surface area contributed by atoms with E-state index in [1.54, 1.807) is 6.07 Å². The highest BCUT2D eigenvalue weighted by Gasteiger charge is 2.16. The fraction of sp³-hybridized carbons (Fsp3) is 0.773. The second-order valence-corrected chi connectivity index (χ2v) is 16.4. The van der Waals surface area contributed by atoms with Crippen molar-refractivity contribution in [2.45, 2.75) is 224 Å². The van der Waals surface area contributed by atoms with Gasteiger partial charge in [0.15, 0.2) is 0 Å². The van der Waals surface area contributed by atoms with Crippen LogP contribution in [0.2, 0.25) is 0 Å². The van der Waals surface area contributed by atoms with E-state index in [4.69, 9.17) is 0 Å². The van der Waals surface area contributed by atoms with Gasteiger partial charge in [0.25, 0.3) is 10.1 Å². The van der Waals surface area contributed by atoms with Gasteiger partial charge in [0, 0.05) is 5.39 Å². The summed E-state index contributed by atoms with van der Waals surface area (Å²) in [5.74, 6) is 0. The predicted octanol–water partition coefficient (Wildman–Crippen LogP) is 14.9. The summed E-state index contributed by atoms with van der Waals surface area (Å²) >= 11 is 0. The molecule has 0 aliphatic rings. The Morgan fingerprint density at radius 1 is 0.417 bits per heavy atom.